The van der Waals surface area contributed by atoms with Crippen LogP contribution in [0.4, 0.5) is 0 Å². The van der Waals surface area contributed by atoms with E-state index in [1.54, 1.807) is 6.92 Å². The Balaban J connectivity index is 1.94. The van der Waals surface area contributed by atoms with Gasteiger partial charge in [-0.1, -0.05) is 31.2 Å². The van der Waals surface area contributed by atoms with Crippen molar-refractivity contribution in [2.45, 2.75) is 40.0 Å². The third-order valence-electron chi connectivity index (χ3n) is 3.76. The second kappa shape index (κ2) is 9.32. The summed E-state index contributed by atoms with van der Waals surface area (Å²) in [5.74, 6) is -0.376. The molecular formula is C19H24N2O3S. The zero-order valence-corrected chi connectivity index (χ0v) is 15.7. The first kappa shape index (κ1) is 19.1. The van der Waals surface area contributed by atoms with Gasteiger partial charge in [0, 0.05) is 18.5 Å². The van der Waals surface area contributed by atoms with Crippen molar-refractivity contribution in [3.05, 3.63) is 40.4 Å². The van der Waals surface area contributed by atoms with Gasteiger partial charge in [0.25, 0.3) is 5.91 Å². The van der Waals surface area contributed by atoms with Crippen LogP contribution in [-0.4, -0.2) is 30.0 Å². The number of nitrogens with one attached hydrogen (secondary N) is 1. The molecule has 0 bridgehead atoms. The SMILES string of the molecule is CCOC(=O)CCCNC(=O)c1sc(-c2ccc(CC)cc2)nc1C. The number of amides is 1. The molecule has 0 saturated heterocycles. The largest absolute Gasteiger partial charge is 0.466 e. The lowest BCUT2D eigenvalue weighted by Gasteiger charge is -2.04. The van der Waals surface area contributed by atoms with Gasteiger partial charge in [-0.2, -0.15) is 0 Å². The summed E-state index contributed by atoms with van der Waals surface area (Å²) in [5.41, 5.74) is 3.02. The van der Waals surface area contributed by atoms with Crippen LogP contribution in [-0.2, 0) is 16.0 Å². The molecule has 2 rings (SSSR count). The number of aromatic nitrogens is 1. The number of nitrogens with zero attached hydrogens (tertiary/aromatic N) is 1. The third-order valence-corrected chi connectivity index (χ3v) is 4.97. The van der Waals surface area contributed by atoms with Gasteiger partial charge < -0.3 is 10.1 Å². The number of rotatable bonds is 8. The highest BCUT2D eigenvalue weighted by molar-refractivity contribution is 7.17. The Labute approximate surface area is 152 Å². The molecule has 1 amide bonds. The van der Waals surface area contributed by atoms with Crippen molar-refractivity contribution in [1.82, 2.24) is 10.3 Å². The minimum absolute atomic E-state index is 0.143. The molecule has 1 heterocycles. The molecule has 0 aliphatic carbocycles. The number of carbonyl (C=O) groups is 2. The molecule has 0 radical (unpaired) electrons. The minimum atomic E-state index is -0.233. The number of benzene rings is 1. The first-order valence-corrected chi connectivity index (χ1v) is 9.37. The average Bonchev–Trinajstić information content (AvgIpc) is 3.01. The lowest BCUT2D eigenvalue weighted by Crippen LogP contribution is -2.24. The molecule has 2 aromatic rings. The van der Waals surface area contributed by atoms with E-state index < -0.39 is 0 Å². The Hall–Kier alpha value is -2.21. The predicted molar refractivity (Wildman–Crippen MR) is 99.9 cm³/mol. The fourth-order valence-corrected chi connectivity index (χ4v) is 3.35. The van der Waals surface area contributed by atoms with Crippen molar-refractivity contribution in [2.75, 3.05) is 13.2 Å². The monoisotopic (exact) mass is 360 g/mol. The average molecular weight is 360 g/mol. The van der Waals surface area contributed by atoms with Gasteiger partial charge in [-0.05, 0) is 32.3 Å². The Morgan fingerprint density at radius 3 is 2.56 bits per heavy atom. The van der Waals surface area contributed by atoms with Crippen molar-refractivity contribution < 1.29 is 14.3 Å². The summed E-state index contributed by atoms with van der Waals surface area (Å²) >= 11 is 1.39. The molecule has 1 aromatic carbocycles. The van der Waals surface area contributed by atoms with Crippen molar-refractivity contribution >= 4 is 23.2 Å². The van der Waals surface area contributed by atoms with E-state index in [0.29, 0.717) is 30.9 Å². The first-order chi connectivity index (χ1) is 12.0. The highest BCUT2D eigenvalue weighted by Gasteiger charge is 2.16. The second-order valence-electron chi connectivity index (χ2n) is 5.65. The molecule has 0 saturated carbocycles. The van der Waals surface area contributed by atoms with Crippen LogP contribution in [0.25, 0.3) is 10.6 Å². The minimum Gasteiger partial charge on any atom is -0.466 e. The summed E-state index contributed by atoms with van der Waals surface area (Å²) < 4.78 is 4.86. The van der Waals surface area contributed by atoms with E-state index in [2.05, 4.69) is 29.4 Å². The number of esters is 1. The number of aryl methyl sites for hydroxylation is 2. The van der Waals surface area contributed by atoms with Gasteiger partial charge in [0.15, 0.2) is 0 Å². The topological polar surface area (TPSA) is 68.3 Å². The standard InChI is InChI=1S/C19H24N2O3S/c1-4-14-8-10-15(11-9-14)19-21-13(3)17(25-19)18(23)20-12-6-7-16(22)24-5-2/h8-11H,4-7,12H2,1-3H3,(H,20,23). The van der Waals surface area contributed by atoms with Gasteiger partial charge in [-0.25, -0.2) is 4.98 Å². The maximum absolute atomic E-state index is 12.3. The molecule has 1 aromatic heterocycles. The highest BCUT2D eigenvalue weighted by atomic mass is 32.1. The number of ether oxygens (including phenoxy) is 1. The summed E-state index contributed by atoms with van der Waals surface area (Å²) in [6, 6.07) is 8.25. The summed E-state index contributed by atoms with van der Waals surface area (Å²) in [7, 11) is 0. The van der Waals surface area contributed by atoms with Crippen LogP contribution in [0, 0.1) is 6.92 Å². The molecule has 0 fully saturated rings. The van der Waals surface area contributed by atoms with E-state index in [4.69, 9.17) is 4.74 Å². The van der Waals surface area contributed by atoms with Crippen LogP contribution >= 0.6 is 11.3 Å². The van der Waals surface area contributed by atoms with Gasteiger partial charge in [-0.15, -0.1) is 11.3 Å². The quantitative estimate of drug-likeness (QED) is 0.575. The summed E-state index contributed by atoms with van der Waals surface area (Å²) in [5, 5.41) is 3.69. The molecule has 0 unspecified atom stereocenters. The van der Waals surface area contributed by atoms with Gasteiger partial charge in [0.05, 0.1) is 12.3 Å². The summed E-state index contributed by atoms with van der Waals surface area (Å²) in [6.07, 6.45) is 1.87. The normalized spacial score (nSPS) is 10.5. The molecule has 25 heavy (non-hydrogen) atoms. The van der Waals surface area contributed by atoms with Crippen LogP contribution in [0.2, 0.25) is 0 Å². The highest BCUT2D eigenvalue weighted by Crippen LogP contribution is 2.28. The van der Waals surface area contributed by atoms with Gasteiger partial charge in [0.1, 0.15) is 9.88 Å². The van der Waals surface area contributed by atoms with Crippen LogP contribution in [0.3, 0.4) is 0 Å². The molecule has 0 spiro atoms. The van der Waals surface area contributed by atoms with Crippen molar-refractivity contribution in [1.29, 1.82) is 0 Å². The van der Waals surface area contributed by atoms with E-state index >= 15 is 0 Å². The smallest absolute Gasteiger partial charge is 0.305 e. The number of hydrogen-bond donors (Lipinski definition) is 1. The lowest BCUT2D eigenvalue weighted by molar-refractivity contribution is -0.143. The lowest BCUT2D eigenvalue weighted by atomic mass is 10.1. The third kappa shape index (κ3) is 5.39. The second-order valence-corrected chi connectivity index (χ2v) is 6.65. The number of carbonyl (C=O) groups excluding carboxylic acids is 2. The zero-order valence-electron chi connectivity index (χ0n) is 14.9. The van der Waals surface area contributed by atoms with Crippen molar-refractivity contribution in [3.8, 4) is 10.6 Å². The summed E-state index contributed by atoms with van der Waals surface area (Å²) in [4.78, 5) is 28.7. The maximum atomic E-state index is 12.3. The zero-order chi connectivity index (χ0) is 18.2. The van der Waals surface area contributed by atoms with Gasteiger partial charge >= 0.3 is 5.97 Å². The van der Waals surface area contributed by atoms with Crippen LogP contribution in [0.5, 0.6) is 0 Å². The molecule has 5 nitrogen and oxygen atoms in total. The van der Waals surface area contributed by atoms with E-state index in [1.807, 2.05) is 19.1 Å². The molecule has 6 heteroatoms. The molecule has 0 aliphatic rings. The Kier molecular flexibility index (Phi) is 7.13. The molecular weight excluding hydrogens is 336 g/mol. The van der Waals surface area contributed by atoms with E-state index in [1.165, 1.54) is 16.9 Å². The Morgan fingerprint density at radius 1 is 1.20 bits per heavy atom. The Morgan fingerprint density at radius 2 is 1.92 bits per heavy atom. The molecule has 0 atom stereocenters. The van der Waals surface area contributed by atoms with Gasteiger partial charge in [0.2, 0.25) is 0 Å². The maximum Gasteiger partial charge on any atom is 0.305 e. The van der Waals surface area contributed by atoms with E-state index in [9.17, 15) is 9.59 Å². The predicted octanol–water partition coefficient (Wildman–Crippen LogP) is 3.75. The summed E-state index contributed by atoms with van der Waals surface area (Å²) in [6.45, 7) is 6.56. The fraction of sp³-hybridized carbons (Fsp3) is 0.421. The Bertz CT molecular complexity index is 723. The number of thiazole rings is 1. The molecule has 0 aliphatic heterocycles. The fourth-order valence-electron chi connectivity index (χ4n) is 2.36. The van der Waals surface area contributed by atoms with Crippen LogP contribution < -0.4 is 5.32 Å². The number of hydrogen-bond acceptors (Lipinski definition) is 5. The van der Waals surface area contributed by atoms with Crippen molar-refractivity contribution in [2.24, 2.45) is 0 Å². The van der Waals surface area contributed by atoms with E-state index in [-0.39, 0.29) is 11.9 Å². The van der Waals surface area contributed by atoms with Crippen molar-refractivity contribution in [3.63, 3.8) is 0 Å². The molecule has 134 valence electrons. The molecule has 1 N–H and O–H groups in total. The van der Waals surface area contributed by atoms with Crippen LogP contribution in [0.15, 0.2) is 24.3 Å². The van der Waals surface area contributed by atoms with E-state index in [0.717, 1.165) is 22.7 Å². The first-order valence-electron chi connectivity index (χ1n) is 8.55. The van der Waals surface area contributed by atoms with Crippen LogP contribution in [0.1, 0.15) is 47.6 Å². The van der Waals surface area contributed by atoms with Gasteiger partial charge in [-0.3, -0.25) is 9.59 Å².